The third-order valence-electron chi connectivity index (χ3n) is 4.67. The molecular formula is C21H34N6. The van der Waals surface area contributed by atoms with Gasteiger partial charge in [0.25, 0.3) is 0 Å². The lowest BCUT2D eigenvalue weighted by Gasteiger charge is -2.30. The highest BCUT2D eigenvalue weighted by Gasteiger charge is 2.12. The standard InChI is InChI=1S/C21H34N6/c1-17(2)27(18(3)4)14-12-23-21(22-5)24-15-19-9-6-7-10-20(19)16-26-13-8-11-25-26/h6-11,13,17-18H,12,14-16H2,1-5H3,(H2,22,23,24). The number of nitrogens with zero attached hydrogens (tertiary/aromatic N) is 4. The number of aliphatic imine (C=N–C) groups is 1. The van der Waals surface area contributed by atoms with Gasteiger partial charge in [0, 0.05) is 51.2 Å². The summed E-state index contributed by atoms with van der Waals surface area (Å²) in [5, 5.41) is 11.2. The van der Waals surface area contributed by atoms with Crippen LogP contribution < -0.4 is 10.6 Å². The highest BCUT2D eigenvalue weighted by molar-refractivity contribution is 5.79. The second-order valence-electron chi connectivity index (χ2n) is 7.25. The molecule has 0 saturated heterocycles. The maximum atomic E-state index is 4.35. The molecule has 2 aromatic rings. The molecule has 0 aliphatic carbocycles. The molecule has 0 spiro atoms. The largest absolute Gasteiger partial charge is 0.355 e. The van der Waals surface area contributed by atoms with Crippen molar-refractivity contribution in [2.24, 2.45) is 4.99 Å². The lowest BCUT2D eigenvalue weighted by Crippen LogP contribution is -2.45. The summed E-state index contributed by atoms with van der Waals surface area (Å²) in [6.07, 6.45) is 3.80. The Balaban J connectivity index is 1.87. The van der Waals surface area contributed by atoms with Gasteiger partial charge in [-0.05, 0) is 44.9 Å². The molecule has 0 aliphatic rings. The van der Waals surface area contributed by atoms with E-state index in [1.165, 1.54) is 11.1 Å². The van der Waals surface area contributed by atoms with Gasteiger partial charge in [-0.1, -0.05) is 24.3 Å². The van der Waals surface area contributed by atoms with Crippen LogP contribution in [0.2, 0.25) is 0 Å². The molecule has 0 aliphatic heterocycles. The number of rotatable bonds is 9. The molecule has 0 radical (unpaired) electrons. The van der Waals surface area contributed by atoms with Crippen LogP contribution in [0.1, 0.15) is 38.8 Å². The van der Waals surface area contributed by atoms with Gasteiger partial charge in [0.15, 0.2) is 5.96 Å². The fourth-order valence-electron chi connectivity index (χ4n) is 3.27. The second kappa shape index (κ2) is 10.7. The molecule has 0 bridgehead atoms. The quantitative estimate of drug-likeness (QED) is 0.526. The van der Waals surface area contributed by atoms with E-state index in [2.05, 4.69) is 77.6 Å². The number of hydrogen-bond acceptors (Lipinski definition) is 3. The predicted molar refractivity (Wildman–Crippen MR) is 113 cm³/mol. The molecule has 2 N–H and O–H groups in total. The highest BCUT2D eigenvalue weighted by atomic mass is 15.3. The van der Waals surface area contributed by atoms with Crippen molar-refractivity contribution in [2.75, 3.05) is 20.1 Å². The summed E-state index contributed by atoms with van der Waals surface area (Å²) in [5.41, 5.74) is 2.51. The number of benzene rings is 1. The summed E-state index contributed by atoms with van der Waals surface area (Å²) >= 11 is 0. The van der Waals surface area contributed by atoms with E-state index in [1.807, 2.05) is 30.2 Å². The fourth-order valence-corrected chi connectivity index (χ4v) is 3.27. The molecule has 27 heavy (non-hydrogen) atoms. The highest BCUT2D eigenvalue weighted by Crippen LogP contribution is 2.10. The Labute approximate surface area is 163 Å². The van der Waals surface area contributed by atoms with Gasteiger partial charge < -0.3 is 10.6 Å². The molecular weight excluding hydrogens is 336 g/mol. The normalized spacial score (nSPS) is 12.2. The Morgan fingerprint density at radius 3 is 2.37 bits per heavy atom. The van der Waals surface area contributed by atoms with Crippen molar-refractivity contribution >= 4 is 5.96 Å². The summed E-state index contributed by atoms with van der Waals surface area (Å²) in [7, 11) is 1.81. The molecule has 0 atom stereocenters. The first-order valence-electron chi connectivity index (χ1n) is 9.75. The van der Waals surface area contributed by atoms with E-state index < -0.39 is 0 Å². The van der Waals surface area contributed by atoms with E-state index in [0.29, 0.717) is 12.1 Å². The Bertz CT molecular complexity index is 682. The van der Waals surface area contributed by atoms with Gasteiger partial charge in [-0.2, -0.15) is 5.10 Å². The van der Waals surface area contributed by atoms with E-state index in [4.69, 9.17) is 0 Å². The third-order valence-corrected chi connectivity index (χ3v) is 4.67. The zero-order chi connectivity index (χ0) is 19.6. The molecule has 0 unspecified atom stereocenters. The number of hydrogen-bond donors (Lipinski definition) is 2. The van der Waals surface area contributed by atoms with Gasteiger partial charge >= 0.3 is 0 Å². The first-order valence-corrected chi connectivity index (χ1v) is 9.75. The predicted octanol–water partition coefficient (Wildman–Crippen LogP) is 2.72. The molecule has 1 aromatic heterocycles. The van der Waals surface area contributed by atoms with Crippen LogP contribution in [-0.2, 0) is 13.1 Å². The summed E-state index contributed by atoms with van der Waals surface area (Å²) in [4.78, 5) is 6.83. The molecule has 0 fully saturated rings. The van der Waals surface area contributed by atoms with E-state index >= 15 is 0 Å². The minimum Gasteiger partial charge on any atom is -0.355 e. The summed E-state index contributed by atoms with van der Waals surface area (Å²) in [5.74, 6) is 0.830. The van der Waals surface area contributed by atoms with Gasteiger partial charge in [-0.25, -0.2) is 0 Å². The average molecular weight is 371 g/mol. The van der Waals surface area contributed by atoms with Gasteiger partial charge in [0.05, 0.1) is 6.54 Å². The molecule has 2 rings (SSSR count). The van der Waals surface area contributed by atoms with Crippen molar-refractivity contribution in [1.82, 2.24) is 25.3 Å². The lowest BCUT2D eigenvalue weighted by atomic mass is 10.1. The third kappa shape index (κ3) is 6.71. The maximum absolute atomic E-state index is 4.35. The summed E-state index contributed by atoms with van der Waals surface area (Å²) < 4.78 is 1.94. The van der Waals surface area contributed by atoms with Gasteiger partial charge in [-0.15, -0.1) is 0 Å². The van der Waals surface area contributed by atoms with Crippen molar-refractivity contribution in [2.45, 2.75) is 52.9 Å². The van der Waals surface area contributed by atoms with E-state index in [0.717, 1.165) is 32.1 Å². The Hall–Kier alpha value is -2.34. The van der Waals surface area contributed by atoms with E-state index in [9.17, 15) is 0 Å². The van der Waals surface area contributed by atoms with Crippen molar-refractivity contribution < 1.29 is 0 Å². The second-order valence-corrected chi connectivity index (χ2v) is 7.25. The van der Waals surface area contributed by atoms with Crippen molar-refractivity contribution in [1.29, 1.82) is 0 Å². The van der Waals surface area contributed by atoms with Crippen LogP contribution in [0.25, 0.3) is 0 Å². The molecule has 1 heterocycles. The Morgan fingerprint density at radius 1 is 1.07 bits per heavy atom. The van der Waals surface area contributed by atoms with Gasteiger partial charge in [-0.3, -0.25) is 14.6 Å². The smallest absolute Gasteiger partial charge is 0.191 e. The Kier molecular flexibility index (Phi) is 8.33. The molecule has 6 heteroatoms. The van der Waals surface area contributed by atoms with Crippen LogP contribution >= 0.6 is 0 Å². The van der Waals surface area contributed by atoms with Crippen LogP contribution in [0.4, 0.5) is 0 Å². The molecule has 148 valence electrons. The molecule has 1 aromatic carbocycles. The monoisotopic (exact) mass is 370 g/mol. The van der Waals surface area contributed by atoms with Crippen molar-refractivity contribution in [3.05, 3.63) is 53.9 Å². The van der Waals surface area contributed by atoms with Gasteiger partial charge in [0.2, 0.25) is 0 Å². The van der Waals surface area contributed by atoms with Crippen molar-refractivity contribution in [3.63, 3.8) is 0 Å². The average Bonchev–Trinajstić information content (AvgIpc) is 3.14. The van der Waals surface area contributed by atoms with Gasteiger partial charge in [0.1, 0.15) is 0 Å². The summed E-state index contributed by atoms with van der Waals surface area (Å²) in [6.45, 7) is 12.3. The number of nitrogens with one attached hydrogen (secondary N) is 2. The number of aromatic nitrogens is 2. The van der Waals surface area contributed by atoms with Crippen molar-refractivity contribution in [3.8, 4) is 0 Å². The minimum atomic E-state index is 0.538. The van der Waals surface area contributed by atoms with Crippen LogP contribution in [-0.4, -0.2) is 52.9 Å². The zero-order valence-corrected chi connectivity index (χ0v) is 17.3. The first kappa shape index (κ1) is 21.0. The number of guanidine groups is 1. The van der Waals surface area contributed by atoms with E-state index in [1.54, 1.807) is 0 Å². The zero-order valence-electron chi connectivity index (χ0n) is 17.3. The SMILES string of the molecule is CN=C(NCCN(C(C)C)C(C)C)NCc1ccccc1Cn1cccn1. The minimum absolute atomic E-state index is 0.538. The molecule has 0 saturated carbocycles. The topological polar surface area (TPSA) is 57.5 Å². The first-order chi connectivity index (χ1) is 13.0. The van der Waals surface area contributed by atoms with Crippen LogP contribution in [0.15, 0.2) is 47.7 Å². The van der Waals surface area contributed by atoms with Crippen LogP contribution in [0.3, 0.4) is 0 Å². The lowest BCUT2D eigenvalue weighted by molar-refractivity contribution is 0.178. The fraction of sp³-hybridized carbons (Fsp3) is 0.524. The summed E-state index contributed by atoms with van der Waals surface area (Å²) in [6, 6.07) is 11.5. The van der Waals surface area contributed by atoms with Crippen LogP contribution in [0, 0.1) is 0 Å². The molecule has 0 amide bonds. The molecule has 6 nitrogen and oxygen atoms in total. The van der Waals surface area contributed by atoms with Crippen LogP contribution in [0.5, 0.6) is 0 Å². The maximum Gasteiger partial charge on any atom is 0.191 e. The Morgan fingerprint density at radius 2 is 1.78 bits per heavy atom. The van der Waals surface area contributed by atoms with E-state index in [-0.39, 0.29) is 0 Å².